The summed E-state index contributed by atoms with van der Waals surface area (Å²) in [4.78, 5) is 12.5. The van der Waals surface area contributed by atoms with E-state index in [4.69, 9.17) is 0 Å². The number of hydrogen-bond acceptors (Lipinski definition) is 4. The second-order valence-electron chi connectivity index (χ2n) is 21.3. The van der Waals surface area contributed by atoms with Crippen LogP contribution < -0.4 is 5.32 Å². The molecule has 0 aliphatic carbocycles. The summed E-state index contributed by atoms with van der Waals surface area (Å²) in [6.07, 6.45) is 73.9. The average Bonchev–Trinajstić information content (AvgIpc) is 3.32. The van der Waals surface area contributed by atoms with Gasteiger partial charge < -0.3 is 20.6 Å². The van der Waals surface area contributed by atoms with Crippen molar-refractivity contribution in [3.8, 4) is 0 Å². The Labute approximate surface area is 420 Å². The van der Waals surface area contributed by atoms with Gasteiger partial charge in [-0.25, -0.2) is 0 Å². The van der Waals surface area contributed by atoms with Gasteiger partial charge >= 0.3 is 0 Å². The van der Waals surface area contributed by atoms with Crippen LogP contribution in [-0.2, 0) is 4.79 Å². The molecule has 0 fully saturated rings. The van der Waals surface area contributed by atoms with E-state index in [1.807, 2.05) is 6.08 Å². The number of hydrogen-bond donors (Lipinski definition) is 4. The topological polar surface area (TPSA) is 89.8 Å². The van der Waals surface area contributed by atoms with Gasteiger partial charge in [-0.2, -0.15) is 0 Å². The first kappa shape index (κ1) is 65.8. The molecule has 0 spiro atoms. The number of aliphatic hydroxyl groups is 3. The molecule has 0 bridgehead atoms. The SMILES string of the molecule is CCCCCCCCCCCCCC/C=C\CCCCCCCCCCCCCCC(O)CC(=O)NC(CO)C(O)/C=C/CCCCCCCCCCCCCCCCCCCCCCCC. The Morgan fingerprint density at radius 2 is 0.627 bits per heavy atom. The van der Waals surface area contributed by atoms with E-state index in [0.29, 0.717) is 6.42 Å². The predicted molar refractivity (Wildman–Crippen MR) is 296 cm³/mol. The van der Waals surface area contributed by atoms with Crippen molar-refractivity contribution in [2.75, 3.05) is 6.61 Å². The van der Waals surface area contributed by atoms with Crippen molar-refractivity contribution in [3.05, 3.63) is 24.3 Å². The van der Waals surface area contributed by atoms with Crippen LogP contribution in [0.4, 0.5) is 0 Å². The summed E-state index contributed by atoms with van der Waals surface area (Å²) in [5, 5.41) is 33.5. The van der Waals surface area contributed by atoms with Crippen molar-refractivity contribution in [1.82, 2.24) is 5.32 Å². The van der Waals surface area contributed by atoms with E-state index in [2.05, 4.69) is 31.3 Å². The highest BCUT2D eigenvalue weighted by Crippen LogP contribution is 2.18. The summed E-state index contributed by atoms with van der Waals surface area (Å²) in [5.41, 5.74) is 0. The van der Waals surface area contributed by atoms with Crippen molar-refractivity contribution < 1.29 is 20.1 Å². The molecule has 0 saturated heterocycles. The second-order valence-corrected chi connectivity index (χ2v) is 21.3. The van der Waals surface area contributed by atoms with Crippen molar-refractivity contribution in [3.63, 3.8) is 0 Å². The van der Waals surface area contributed by atoms with Crippen molar-refractivity contribution in [1.29, 1.82) is 0 Å². The number of unbranched alkanes of at least 4 members (excludes halogenated alkanes) is 46. The monoisotopic (exact) mass is 944 g/mol. The van der Waals surface area contributed by atoms with E-state index >= 15 is 0 Å². The highest BCUT2D eigenvalue weighted by Gasteiger charge is 2.20. The fraction of sp³-hybridized carbons (Fsp3) is 0.919. The zero-order chi connectivity index (χ0) is 48.6. The fourth-order valence-corrected chi connectivity index (χ4v) is 9.81. The summed E-state index contributed by atoms with van der Waals surface area (Å²) in [5.74, 6) is -0.310. The van der Waals surface area contributed by atoms with Gasteiger partial charge in [-0.05, 0) is 44.9 Å². The molecule has 5 nitrogen and oxygen atoms in total. The maximum absolute atomic E-state index is 12.5. The Hall–Kier alpha value is -1.17. The molecule has 0 radical (unpaired) electrons. The number of carbonyl (C=O) groups is 1. The predicted octanol–water partition coefficient (Wildman–Crippen LogP) is 19.2. The molecule has 0 aliphatic rings. The minimum atomic E-state index is -0.929. The van der Waals surface area contributed by atoms with E-state index in [0.717, 1.165) is 25.7 Å². The first-order valence-electron chi connectivity index (χ1n) is 30.6. The van der Waals surface area contributed by atoms with Gasteiger partial charge in [-0.15, -0.1) is 0 Å². The smallest absolute Gasteiger partial charge is 0.222 e. The first-order valence-corrected chi connectivity index (χ1v) is 30.6. The number of carbonyl (C=O) groups excluding carboxylic acids is 1. The Bertz CT molecular complexity index is 998. The maximum atomic E-state index is 12.5. The lowest BCUT2D eigenvalue weighted by molar-refractivity contribution is -0.124. The number of allylic oxidation sites excluding steroid dienone is 3. The van der Waals surface area contributed by atoms with Crippen LogP contribution >= 0.6 is 0 Å². The molecule has 398 valence electrons. The molecule has 3 atom stereocenters. The van der Waals surface area contributed by atoms with Gasteiger partial charge in [0.2, 0.25) is 5.91 Å². The number of amides is 1. The van der Waals surface area contributed by atoms with Crippen LogP contribution in [0.2, 0.25) is 0 Å². The molecule has 0 saturated carbocycles. The zero-order valence-electron chi connectivity index (χ0n) is 45.6. The molecular formula is C62H121NO4. The number of rotatable bonds is 57. The lowest BCUT2D eigenvalue weighted by Crippen LogP contribution is -2.45. The Morgan fingerprint density at radius 1 is 0.373 bits per heavy atom. The van der Waals surface area contributed by atoms with E-state index in [1.165, 1.54) is 289 Å². The molecular weight excluding hydrogens is 823 g/mol. The van der Waals surface area contributed by atoms with Gasteiger partial charge in [0.15, 0.2) is 0 Å². The van der Waals surface area contributed by atoms with Gasteiger partial charge in [0.25, 0.3) is 0 Å². The van der Waals surface area contributed by atoms with Crippen LogP contribution in [0.15, 0.2) is 24.3 Å². The average molecular weight is 945 g/mol. The van der Waals surface area contributed by atoms with E-state index in [1.54, 1.807) is 6.08 Å². The molecule has 0 rings (SSSR count). The van der Waals surface area contributed by atoms with Crippen molar-refractivity contribution in [2.24, 2.45) is 0 Å². The van der Waals surface area contributed by atoms with Crippen LogP contribution in [0.1, 0.15) is 341 Å². The fourth-order valence-electron chi connectivity index (χ4n) is 9.81. The largest absolute Gasteiger partial charge is 0.394 e. The van der Waals surface area contributed by atoms with Crippen LogP contribution in [0.5, 0.6) is 0 Å². The van der Waals surface area contributed by atoms with Crippen LogP contribution in [0.25, 0.3) is 0 Å². The molecule has 0 aliphatic heterocycles. The van der Waals surface area contributed by atoms with Crippen LogP contribution in [-0.4, -0.2) is 46.1 Å². The molecule has 5 heteroatoms. The highest BCUT2D eigenvalue weighted by atomic mass is 16.3. The molecule has 1 amide bonds. The standard InChI is InChI=1S/C62H121NO4/c1-3-5-7-9-11-13-15-17-19-21-23-25-27-29-30-31-32-33-35-37-39-41-43-45-47-49-51-53-55-59(65)57-62(67)63-60(58-64)61(66)56-54-52-50-48-46-44-42-40-38-36-34-28-26-24-22-20-18-16-14-12-10-8-6-4-2/h29-30,54,56,59-61,64-66H,3-28,31-53,55,57-58H2,1-2H3,(H,63,67)/b30-29-,56-54+. The van der Waals surface area contributed by atoms with Gasteiger partial charge in [-0.3, -0.25) is 4.79 Å². The van der Waals surface area contributed by atoms with Crippen LogP contribution in [0.3, 0.4) is 0 Å². The lowest BCUT2D eigenvalue weighted by Gasteiger charge is -2.21. The Balaban J connectivity index is 3.53. The van der Waals surface area contributed by atoms with Gasteiger partial charge in [0, 0.05) is 0 Å². The Kier molecular flexibility index (Phi) is 56.4. The van der Waals surface area contributed by atoms with Crippen LogP contribution in [0, 0.1) is 0 Å². The number of aliphatic hydroxyl groups excluding tert-OH is 3. The van der Waals surface area contributed by atoms with Crippen molar-refractivity contribution >= 4 is 5.91 Å². The third-order valence-corrected chi connectivity index (χ3v) is 14.5. The quantitative estimate of drug-likeness (QED) is 0.0361. The number of nitrogens with one attached hydrogen (secondary N) is 1. The minimum Gasteiger partial charge on any atom is -0.394 e. The minimum absolute atomic E-state index is 0.0165. The van der Waals surface area contributed by atoms with Gasteiger partial charge in [-0.1, -0.05) is 314 Å². The second kappa shape index (κ2) is 57.4. The van der Waals surface area contributed by atoms with E-state index in [-0.39, 0.29) is 18.9 Å². The molecule has 0 aromatic rings. The van der Waals surface area contributed by atoms with E-state index in [9.17, 15) is 20.1 Å². The first-order chi connectivity index (χ1) is 33.0. The molecule has 3 unspecified atom stereocenters. The summed E-state index contributed by atoms with van der Waals surface area (Å²) in [6, 6.07) is -0.744. The summed E-state index contributed by atoms with van der Waals surface area (Å²) in [6.45, 7) is 4.26. The normalized spacial score (nSPS) is 13.3. The van der Waals surface area contributed by atoms with Crippen molar-refractivity contribution in [2.45, 2.75) is 360 Å². The Morgan fingerprint density at radius 3 is 0.910 bits per heavy atom. The third-order valence-electron chi connectivity index (χ3n) is 14.5. The zero-order valence-corrected chi connectivity index (χ0v) is 45.6. The molecule has 4 N–H and O–H groups in total. The lowest BCUT2D eigenvalue weighted by atomic mass is 10.0. The molecule has 67 heavy (non-hydrogen) atoms. The highest BCUT2D eigenvalue weighted by molar-refractivity contribution is 5.76. The van der Waals surface area contributed by atoms with Gasteiger partial charge in [0.1, 0.15) is 0 Å². The maximum Gasteiger partial charge on any atom is 0.222 e. The summed E-state index contributed by atoms with van der Waals surface area (Å²) >= 11 is 0. The van der Waals surface area contributed by atoms with E-state index < -0.39 is 18.2 Å². The molecule has 0 aromatic heterocycles. The summed E-state index contributed by atoms with van der Waals surface area (Å²) in [7, 11) is 0. The van der Waals surface area contributed by atoms with Gasteiger partial charge in [0.05, 0.1) is 31.3 Å². The third kappa shape index (κ3) is 54.0. The molecule has 0 aromatic carbocycles. The molecule has 0 heterocycles. The summed E-state index contributed by atoms with van der Waals surface area (Å²) < 4.78 is 0.